The Balaban J connectivity index is 1.84. The van der Waals surface area contributed by atoms with Gasteiger partial charge in [-0.05, 0) is 25.8 Å². The van der Waals surface area contributed by atoms with Crippen LogP contribution in [0.3, 0.4) is 0 Å². The van der Waals surface area contributed by atoms with Crippen molar-refractivity contribution < 1.29 is 14.3 Å². The molecule has 1 aliphatic heterocycles. The summed E-state index contributed by atoms with van der Waals surface area (Å²) in [5, 5.41) is 0. The zero-order chi connectivity index (χ0) is 12.1. The van der Waals surface area contributed by atoms with Crippen LogP contribution in [0.5, 0.6) is 0 Å². The molecule has 3 heteroatoms. The van der Waals surface area contributed by atoms with E-state index in [-0.39, 0.29) is 18.5 Å². The average Bonchev–Trinajstić information content (AvgIpc) is 2.37. The molecule has 1 fully saturated rings. The summed E-state index contributed by atoms with van der Waals surface area (Å²) < 4.78 is 10.9. The second kappa shape index (κ2) is 5.94. The largest absolute Gasteiger partial charge is 0.381 e. The highest BCUT2D eigenvalue weighted by Crippen LogP contribution is 2.12. The summed E-state index contributed by atoms with van der Waals surface area (Å²) in [6.45, 7) is 3.64. The Kier molecular flexibility index (Phi) is 4.29. The SMILES string of the molecule is Cc1cccc(C(=O)COC2CCOCC2)c1. The van der Waals surface area contributed by atoms with E-state index in [4.69, 9.17) is 9.47 Å². The topological polar surface area (TPSA) is 35.5 Å². The van der Waals surface area contributed by atoms with E-state index < -0.39 is 0 Å². The summed E-state index contributed by atoms with van der Waals surface area (Å²) in [5.41, 5.74) is 1.83. The molecule has 1 heterocycles. The number of Topliss-reactive ketones (excluding diaryl/α,β-unsaturated/α-hetero) is 1. The van der Waals surface area contributed by atoms with Crippen molar-refractivity contribution in [1.29, 1.82) is 0 Å². The quantitative estimate of drug-likeness (QED) is 0.750. The van der Waals surface area contributed by atoms with Gasteiger partial charge in [0.15, 0.2) is 5.78 Å². The van der Waals surface area contributed by atoms with Crippen LogP contribution in [-0.2, 0) is 9.47 Å². The van der Waals surface area contributed by atoms with Gasteiger partial charge in [0.05, 0.1) is 6.10 Å². The minimum absolute atomic E-state index is 0.0557. The van der Waals surface area contributed by atoms with Crippen LogP contribution in [0.4, 0.5) is 0 Å². The van der Waals surface area contributed by atoms with E-state index in [1.165, 1.54) is 0 Å². The zero-order valence-corrected chi connectivity index (χ0v) is 10.1. The number of hydrogen-bond donors (Lipinski definition) is 0. The molecule has 0 saturated carbocycles. The maximum absolute atomic E-state index is 11.9. The fourth-order valence-electron chi connectivity index (χ4n) is 1.94. The van der Waals surface area contributed by atoms with Crippen LogP contribution < -0.4 is 0 Å². The molecule has 0 amide bonds. The van der Waals surface area contributed by atoms with Crippen molar-refractivity contribution in [2.75, 3.05) is 19.8 Å². The molecule has 1 saturated heterocycles. The molecule has 3 nitrogen and oxygen atoms in total. The number of carbonyl (C=O) groups is 1. The Morgan fingerprint density at radius 3 is 2.88 bits per heavy atom. The Labute approximate surface area is 102 Å². The van der Waals surface area contributed by atoms with Gasteiger partial charge in [-0.1, -0.05) is 23.8 Å². The molecular formula is C14H18O3. The molecule has 0 aliphatic carbocycles. The van der Waals surface area contributed by atoms with E-state index in [1.807, 2.05) is 31.2 Å². The van der Waals surface area contributed by atoms with Crippen molar-refractivity contribution in [3.63, 3.8) is 0 Å². The van der Waals surface area contributed by atoms with Crippen molar-refractivity contribution in [2.24, 2.45) is 0 Å². The van der Waals surface area contributed by atoms with Crippen LogP contribution >= 0.6 is 0 Å². The molecular weight excluding hydrogens is 216 g/mol. The lowest BCUT2D eigenvalue weighted by molar-refractivity contribution is -0.0262. The van der Waals surface area contributed by atoms with Gasteiger partial charge in [-0.15, -0.1) is 0 Å². The maximum Gasteiger partial charge on any atom is 0.188 e. The van der Waals surface area contributed by atoms with Gasteiger partial charge in [-0.25, -0.2) is 0 Å². The number of ether oxygens (including phenoxy) is 2. The number of carbonyl (C=O) groups excluding carboxylic acids is 1. The highest BCUT2D eigenvalue weighted by Gasteiger charge is 2.16. The fraction of sp³-hybridized carbons (Fsp3) is 0.500. The fourth-order valence-corrected chi connectivity index (χ4v) is 1.94. The van der Waals surface area contributed by atoms with Crippen molar-refractivity contribution in [2.45, 2.75) is 25.9 Å². The second-order valence-electron chi connectivity index (χ2n) is 4.42. The summed E-state index contributed by atoms with van der Waals surface area (Å²) >= 11 is 0. The number of aryl methyl sites for hydroxylation is 1. The number of hydrogen-bond acceptors (Lipinski definition) is 3. The Hall–Kier alpha value is -1.19. The monoisotopic (exact) mass is 234 g/mol. The van der Waals surface area contributed by atoms with E-state index in [9.17, 15) is 4.79 Å². The van der Waals surface area contributed by atoms with Crippen molar-refractivity contribution in [3.05, 3.63) is 35.4 Å². The number of rotatable bonds is 4. The van der Waals surface area contributed by atoms with Crippen LogP contribution in [0.2, 0.25) is 0 Å². The van der Waals surface area contributed by atoms with E-state index in [1.54, 1.807) is 0 Å². The first-order valence-corrected chi connectivity index (χ1v) is 6.05. The van der Waals surface area contributed by atoms with E-state index >= 15 is 0 Å². The van der Waals surface area contributed by atoms with Crippen molar-refractivity contribution in [3.8, 4) is 0 Å². The lowest BCUT2D eigenvalue weighted by Gasteiger charge is -2.21. The van der Waals surface area contributed by atoms with Crippen LogP contribution in [0.25, 0.3) is 0 Å². The van der Waals surface area contributed by atoms with Gasteiger partial charge in [0.25, 0.3) is 0 Å². The molecule has 92 valence electrons. The second-order valence-corrected chi connectivity index (χ2v) is 4.42. The molecule has 0 unspecified atom stereocenters. The summed E-state index contributed by atoms with van der Waals surface area (Å²) in [5.74, 6) is 0.0557. The molecule has 0 atom stereocenters. The molecule has 1 aliphatic rings. The van der Waals surface area contributed by atoms with Gasteiger partial charge in [0, 0.05) is 18.8 Å². The smallest absolute Gasteiger partial charge is 0.188 e. The van der Waals surface area contributed by atoms with Gasteiger partial charge in [0.1, 0.15) is 6.61 Å². The molecule has 2 rings (SSSR count). The Morgan fingerprint density at radius 1 is 1.41 bits per heavy atom. The van der Waals surface area contributed by atoms with Crippen molar-refractivity contribution >= 4 is 5.78 Å². The first-order valence-electron chi connectivity index (χ1n) is 6.05. The average molecular weight is 234 g/mol. The van der Waals surface area contributed by atoms with Crippen LogP contribution in [0, 0.1) is 6.92 Å². The standard InChI is InChI=1S/C14H18O3/c1-11-3-2-4-12(9-11)14(15)10-17-13-5-7-16-8-6-13/h2-4,9,13H,5-8,10H2,1H3. The van der Waals surface area contributed by atoms with Gasteiger partial charge in [0.2, 0.25) is 0 Å². The highest BCUT2D eigenvalue weighted by molar-refractivity contribution is 5.97. The van der Waals surface area contributed by atoms with E-state index in [0.717, 1.165) is 37.2 Å². The molecule has 0 spiro atoms. The molecule has 0 radical (unpaired) electrons. The van der Waals surface area contributed by atoms with Gasteiger partial charge in [-0.2, -0.15) is 0 Å². The van der Waals surface area contributed by atoms with Crippen molar-refractivity contribution in [1.82, 2.24) is 0 Å². The van der Waals surface area contributed by atoms with E-state index in [0.29, 0.717) is 0 Å². The number of benzene rings is 1. The molecule has 0 N–H and O–H groups in total. The lowest BCUT2D eigenvalue weighted by Crippen LogP contribution is -2.25. The minimum Gasteiger partial charge on any atom is -0.381 e. The maximum atomic E-state index is 11.9. The first kappa shape index (κ1) is 12.3. The Morgan fingerprint density at radius 2 is 2.18 bits per heavy atom. The number of ketones is 1. The third kappa shape index (κ3) is 3.65. The normalized spacial score (nSPS) is 17.0. The third-order valence-electron chi connectivity index (χ3n) is 2.96. The van der Waals surface area contributed by atoms with Gasteiger partial charge in [-0.3, -0.25) is 4.79 Å². The minimum atomic E-state index is 0.0557. The lowest BCUT2D eigenvalue weighted by atomic mass is 10.1. The third-order valence-corrected chi connectivity index (χ3v) is 2.96. The molecule has 0 aromatic heterocycles. The molecule has 17 heavy (non-hydrogen) atoms. The predicted octanol–water partition coefficient (Wildman–Crippen LogP) is 2.37. The Bertz CT molecular complexity index is 381. The summed E-state index contributed by atoms with van der Waals surface area (Å²) in [7, 11) is 0. The predicted molar refractivity (Wildman–Crippen MR) is 65.3 cm³/mol. The van der Waals surface area contributed by atoms with E-state index in [2.05, 4.69) is 0 Å². The first-order chi connectivity index (χ1) is 8.25. The molecule has 1 aromatic carbocycles. The zero-order valence-electron chi connectivity index (χ0n) is 10.1. The molecule has 1 aromatic rings. The summed E-state index contributed by atoms with van der Waals surface area (Å²) in [4.78, 5) is 11.9. The van der Waals surface area contributed by atoms with Gasteiger partial charge >= 0.3 is 0 Å². The van der Waals surface area contributed by atoms with Crippen LogP contribution in [-0.4, -0.2) is 31.7 Å². The summed E-state index contributed by atoms with van der Waals surface area (Å²) in [6.07, 6.45) is 1.96. The van der Waals surface area contributed by atoms with Crippen LogP contribution in [0.1, 0.15) is 28.8 Å². The molecule has 0 bridgehead atoms. The van der Waals surface area contributed by atoms with Gasteiger partial charge < -0.3 is 9.47 Å². The summed E-state index contributed by atoms with van der Waals surface area (Å²) in [6, 6.07) is 7.62. The van der Waals surface area contributed by atoms with Crippen LogP contribution in [0.15, 0.2) is 24.3 Å². The highest BCUT2D eigenvalue weighted by atomic mass is 16.5.